The average molecular weight is 331 g/mol. The average Bonchev–Trinajstić information content (AvgIpc) is 2.86. The number of hydrogen-bond acceptors (Lipinski definition) is 3. The molecular weight excluding hydrogens is 323 g/mol. The summed E-state index contributed by atoms with van der Waals surface area (Å²) in [5.41, 5.74) is 0.747. The molecule has 0 aliphatic rings. The fourth-order valence-corrected chi connectivity index (χ4v) is 2.60. The van der Waals surface area contributed by atoms with Gasteiger partial charge in [-0.25, -0.2) is 9.59 Å². The minimum Gasteiger partial charge on any atom is -0.478 e. The Morgan fingerprint density at radius 3 is 2.30 bits per heavy atom. The lowest BCUT2D eigenvalue weighted by Crippen LogP contribution is -2.19. The maximum atomic E-state index is 11.8. The predicted octanol–water partition coefficient (Wildman–Crippen LogP) is 4.40. The van der Waals surface area contributed by atoms with Gasteiger partial charge in [-0.3, -0.25) is 0 Å². The fraction of sp³-hybridized carbons (Fsp3) is 0. The summed E-state index contributed by atoms with van der Waals surface area (Å²) in [5, 5.41) is 17.6. The van der Waals surface area contributed by atoms with Gasteiger partial charge in [-0.1, -0.05) is 23.2 Å². The molecule has 0 bridgehead atoms. The zero-order valence-electron chi connectivity index (χ0n) is 9.81. The number of hydrogen-bond donors (Lipinski definition) is 3. The number of nitrogens with one attached hydrogen (secondary N) is 2. The molecule has 104 valence electrons. The van der Waals surface area contributed by atoms with Gasteiger partial charge in [0.15, 0.2) is 0 Å². The molecule has 2 aromatic rings. The third-order valence-electron chi connectivity index (χ3n) is 2.31. The first kappa shape index (κ1) is 14.6. The number of halogens is 2. The predicted molar refractivity (Wildman–Crippen MR) is 80.4 cm³/mol. The van der Waals surface area contributed by atoms with Crippen LogP contribution in [0.25, 0.3) is 0 Å². The standard InChI is InChI=1S/C12H8Cl2N2O3S/c13-8-3-6(11(17)18)4-9(14)10(8)16-12(19)15-7-1-2-20-5-7/h1-5H,(H,17,18)(H2,15,16,19). The SMILES string of the molecule is O=C(Nc1ccsc1)Nc1c(Cl)cc(C(=O)O)cc1Cl. The van der Waals surface area contributed by atoms with E-state index in [1.165, 1.54) is 23.5 Å². The van der Waals surface area contributed by atoms with E-state index in [1.54, 1.807) is 11.4 Å². The zero-order valence-corrected chi connectivity index (χ0v) is 12.1. The van der Waals surface area contributed by atoms with Gasteiger partial charge in [-0.05, 0) is 23.6 Å². The molecule has 2 amide bonds. The van der Waals surface area contributed by atoms with Crippen LogP contribution in [-0.2, 0) is 0 Å². The molecule has 0 atom stereocenters. The van der Waals surface area contributed by atoms with Gasteiger partial charge in [-0.15, -0.1) is 0 Å². The normalized spacial score (nSPS) is 10.1. The highest BCUT2D eigenvalue weighted by Crippen LogP contribution is 2.32. The highest BCUT2D eigenvalue weighted by atomic mass is 35.5. The molecule has 1 heterocycles. The van der Waals surface area contributed by atoms with Crippen LogP contribution in [0.5, 0.6) is 0 Å². The number of urea groups is 1. The van der Waals surface area contributed by atoms with Gasteiger partial charge < -0.3 is 15.7 Å². The van der Waals surface area contributed by atoms with Crippen molar-refractivity contribution in [2.75, 3.05) is 10.6 Å². The maximum absolute atomic E-state index is 11.8. The molecule has 5 nitrogen and oxygen atoms in total. The molecule has 0 fully saturated rings. The Balaban J connectivity index is 2.17. The maximum Gasteiger partial charge on any atom is 0.335 e. The molecule has 0 aliphatic heterocycles. The largest absolute Gasteiger partial charge is 0.478 e. The number of thiophene rings is 1. The molecule has 8 heteroatoms. The Kier molecular flexibility index (Phi) is 4.49. The number of benzene rings is 1. The van der Waals surface area contributed by atoms with E-state index in [4.69, 9.17) is 28.3 Å². The summed E-state index contributed by atoms with van der Waals surface area (Å²) in [4.78, 5) is 22.6. The Morgan fingerprint density at radius 2 is 1.80 bits per heavy atom. The number of aromatic carboxylic acids is 1. The summed E-state index contributed by atoms with van der Waals surface area (Å²) in [6.07, 6.45) is 0. The van der Waals surface area contributed by atoms with Crippen molar-refractivity contribution in [3.05, 3.63) is 44.6 Å². The highest BCUT2D eigenvalue weighted by molar-refractivity contribution is 7.08. The van der Waals surface area contributed by atoms with Gasteiger partial charge in [0, 0.05) is 5.38 Å². The van der Waals surface area contributed by atoms with Gasteiger partial charge in [0.05, 0.1) is 27.0 Å². The van der Waals surface area contributed by atoms with E-state index in [2.05, 4.69) is 10.6 Å². The van der Waals surface area contributed by atoms with Gasteiger partial charge in [0.2, 0.25) is 0 Å². The Morgan fingerprint density at radius 1 is 1.15 bits per heavy atom. The smallest absolute Gasteiger partial charge is 0.335 e. The molecule has 0 unspecified atom stereocenters. The third kappa shape index (κ3) is 3.41. The summed E-state index contributed by atoms with van der Waals surface area (Å²) in [5.74, 6) is -1.15. The van der Waals surface area contributed by atoms with Crippen LogP contribution in [0, 0.1) is 0 Å². The number of anilines is 2. The number of amides is 2. The van der Waals surface area contributed by atoms with Crippen molar-refractivity contribution in [3.8, 4) is 0 Å². The van der Waals surface area contributed by atoms with Crippen molar-refractivity contribution in [2.24, 2.45) is 0 Å². The Bertz CT molecular complexity index is 636. The van der Waals surface area contributed by atoms with Gasteiger partial charge in [0.1, 0.15) is 0 Å². The summed E-state index contributed by atoms with van der Waals surface area (Å²) < 4.78 is 0. The quantitative estimate of drug-likeness (QED) is 0.780. The molecular formula is C12H8Cl2N2O3S. The van der Waals surface area contributed by atoms with Crippen LogP contribution in [-0.4, -0.2) is 17.1 Å². The van der Waals surface area contributed by atoms with Crippen LogP contribution in [0.2, 0.25) is 10.0 Å². The van der Waals surface area contributed by atoms with Crippen molar-refractivity contribution in [1.82, 2.24) is 0 Å². The molecule has 0 aliphatic carbocycles. The van der Waals surface area contributed by atoms with Crippen molar-refractivity contribution in [2.45, 2.75) is 0 Å². The van der Waals surface area contributed by atoms with Crippen molar-refractivity contribution in [1.29, 1.82) is 0 Å². The second kappa shape index (κ2) is 6.13. The van der Waals surface area contributed by atoms with Crippen LogP contribution in [0.3, 0.4) is 0 Å². The van der Waals surface area contributed by atoms with E-state index < -0.39 is 12.0 Å². The highest BCUT2D eigenvalue weighted by Gasteiger charge is 2.14. The topological polar surface area (TPSA) is 78.4 Å². The summed E-state index contributed by atoms with van der Waals surface area (Å²) in [7, 11) is 0. The minimum absolute atomic E-state index is 0.0513. The second-order valence-electron chi connectivity index (χ2n) is 3.71. The van der Waals surface area contributed by atoms with Crippen LogP contribution in [0.4, 0.5) is 16.2 Å². The summed E-state index contributed by atoms with van der Waals surface area (Å²) in [6, 6.07) is 3.66. The molecule has 20 heavy (non-hydrogen) atoms. The van der Waals surface area contributed by atoms with Crippen molar-refractivity contribution < 1.29 is 14.7 Å². The number of rotatable bonds is 3. The number of carboxylic acids is 1. The van der Waals surface area contributed by atoms with E-state index in [-0.39, 0.29) is 21.3 Å². The molecule has 1 aromatic heterocycles. The van der Waals surface area contributed by atoms with Gasteiger partial charge >= 0.3 is 12.0 Å². The van der Waals surface area contributed by atoms with E-state index >= 15 is 0 Å². The lowest BCUT2D eigenvalue weighted by atomic mass is 10.2. The Labute approximate surface area is 128 Å². The van der Waals surface area contributed by atoms with Crippen molar-refractivity contribution >= 4 is 57.9 Å². The molecule has 0 saturated carbocycles. The minimum atomic E-state index is -1.15. The fourth-order valence-electron chi connectivity index (χ4n) is 1.43. The molecule has 1 aromatic carbocycles. The van der Waals surface area contributed by atoms with Crippen molar-refractivity contribution in [3.63, 3.8) is 0 Å². The monoisotopic (exact) mass is 330 g/mol. The second-order valence-corrected chi connectivity index (χ2v) is 5.31. The lowest BCUT2D eigenvalue weighted by Gasteiger charge is -2.10. The van der Waals surface area contributed by atoms with E-state index in [0.717, 1.165) is 0 Å². The third-order valence-corrected chi connectivity index (χ3v) is 3.59. The summed E-state index contributed by atoms with van der Waals surface area (Å²) >= 11 is 13.3. The first-order valence-corrected chi connectivity index (χ1v) is 7.00. The van der Waals surface area contributed by atoms with Gasteiger partial charge in [-0.2, -0.15) is 11.3 Å². The molecule has 3 N–H and O–H groups in total. The number of carbonyl (C=O) groups excluding carboxylic acids is 1. The van der Waals surface area contributed by atoms with Crippen LogP contribution < -0.4 is 10.6 Å². The molecule has 2 rings (SSSR count). The molecule has 0 spiro atoms. The molecule has 0 radical (unpaired) electrons. The number of carbonyl (C=O) groups is 2. The first-order valence-electron chi connectivity index (χ1n) is 5.30. The van der Waals surface area contributed by atoms with Gasteiger partial charge in [0.25, 0.3) is 0 Å². The van der Waals surface area contributed by atoms with Crippen LogP contribution in [0.15, 0.2) is 29.0 Å². The van der Waals surface area contributed by atoms with E-state index in [0.29, 0.717) is 5.69 Å². The summed E-state index contributed by atoms with van der Waals surface area (Å²) in [6.45, 7) is 0. The van der Waals surface area contributed by atoms with E-state index in [9.17, 15) is 9.59 Å². The first-order chi connectivity index (χ1) is 9.47. The van der Waals surface area contributed by atoms with Crippen LogP contribution >= 0.6 is 34.5 Å². The lowest BCUT2D eigenvalue weighted by molar-refractivity contribution is 0.0697. The Hall–Kier alpha value is -1.76. The molecule has 0 saturated heterocycles. The van der Waals surface area contributed by atoms with Crippen LogP contribution in [0.1, 0.15) is 10.4 Å². The van der Waals surface area contributed by atoms with E-state index in [1.807, 2.05) is 5.38 Å². The zero-order chi connectivity index (χ0) is 14.7. The number of carboxylic acid groups (broad SMARTS) is 1.